The Labute approximate surface area is 155 Å². The minimum Gasteiger partial charge on any atom is -0.354 e. The number of nitrogens with zero attached hydrogens (tertiary/aromatic N) is 2. The molecule has 25 heavy (non-hydrogen) atoms. The van der Waals surface area contributed by atoms with Gasteiger partial charge in [-0.2, -0.15) is 0 Å². The molecule has 0 radical (unpaired) electrons. The number of likely N-dealkylation sites (N-methyl/N-ethyl adjacent to an activating group) is 1. The molecule has 1 aliphatic carbocycles. The maximum absolute atomic E-state index is 11.9. The predicted molar refractivity (Wildman–Crippen MR) is 106 cm³/mol. The first-order valence-corrected chi connectivity index (χ1v) is 10.1. The number of rotatable bonds is 6. The maximum Gasteiger partial charge on any atom is 0.241 e. The number of carbonyl (C=O) groups is 1. The molecule has 0 aromatic heterocycles. The zero-order valence-corrected chi connectivity index (χ0v) is 16.6. The van der Waals surface area contributed by atoms with Crippen LogP contribution < -0.4 is 10.6 Å². The molecule has 1 saturated carbocycles. The summed E-state index contributed by atoms with van der Waals surface area (Å²) in [5, 5.41) is 6.68. The highest BCUT2D eigenvalue weighted by atomic mass is 32.2. The van der Waals surface area contributed by atoms with E-state index in [-0.39, 0.29) is 12.5 Å². The van der Waals surface area contributed by atoms with Crippen molar-refractivity contribution in [2.75, 3.05) is 26.9 Å². The van der Waals surface area contributed by atoms with Gasteiger partial charge in [-0.15, -0.1) is 11.8 Å². The second-order valence-corrected chi connectivity index (χ2v) is 7.60. The number of amides is 1. The lowest BCUT2D eigenvalue weighted by Gasteiger charge is -2.18. The van der Waals surface area contributed by atoms with Crippen LogP contribution in [0, 0.1) is 6.92 Å². The van der Waals surface area contributed by atoms with E-state index in [9.17, 15) is 4.79 Å². The van der Waals surface area contributed by atoms with Crippen LogP contribution >= 0.6 is 11.8 Å². The maximum atomic E-state index is 11.9. The van der Waals surface area contributed by atoms with Gasteiger partial charge in [0.2, 0.25) is 5.91 Å². The monoisotopic (exact) mass is 362 g/mol. The fraction of sp³-hybridized carbons (Fsp3) is 0.579. The summed E-state index contributed by atoms with van der Waals surface area (Å²) >= 11 is 1.75. The molecule has 1 fully saturated rings. The third kappa shape index (κ3) is 6.27. The third-order valence-corrected chi connectivity index (χ3v) is 5.27. The van der Waals surface area contributed by atoms with Crippen molar-refractivity contribution in [2.45, 2.75) is 50.1 Å². The van der Waals surface area contributed by atoms with E-state index in [4.69, 9.17) is 4.99 Å². The Morgan fingerprint density at radius 3 is 2.68 bits per heavy atom. The molecule has 0 atom stereocenters. The van der Waals surface area contributed by atoms with Gasteiger partial charge in [-0.05, 0) is 43.2 Å². The van der Waals surface area contributed by atoms with E-state index in [0.29, 0.717) is 12.6 Å². The number of hydrogen-bond donors (Lipinski definition) is 2. The van der Waals surface area contributed by atoms with Gasteiger partial charge in [0.1, 0.15) is 0 Å². The molecule has 1 aliphatic rings. The summed E-state index contributed by atoms with van der Waals surface area (Å²) < 4.78 is 0. The highest BCUT2D eigenvalue weighted by molar-refractivity contribution is 7.98. The Kier molecular flexibility index (Phi) is 7.62. The van der Waals surface area contributed by atoms with Crippen LogP contribution in [-0.2, 0) is 11.3 Å². The first-order valence-electron chi connectivity index (χ1n) is 8.88. The second kappa shape index (κ2) is 9.70. The van der Waals surface area contributed by atoms with E-state index in [0.717, 1.165) is 5.96 Å². The Balaban J connectivity index is 2.07. The number of nitrogens with one attached hydrogen (secondary N) is 2. The fourth-order valence-corrected chi connectivity index (χ4v) is 3.58. The minimum atomic E-state index is 0.0426. The van der Waals surface area contributed by atoms with Crippen LogP contribution in [0.3, 0.4) is 0 Å². The summed E-state index contributed by atoms with van der Waals surface area (Å²) in [6, 6.07) is 6.92. The molecule has 0 heterocycles. The van der Waals surface area contributed by atoms with Crippen LogP contribution in [0.25, 0.3) is 0 Å². The Morgan fingerprint density at radius 2 is 2.04 bits per heavy atom. The van der Waals surface area contributed by atoms with Gasteiger partial charge in [-0.3, -0.25) is 4.79 Å². The highest BCUT2D eigenvalue weighted by Crippen LogP contribution is 2.22. The molecule has 138 valence electrons. The molecule has 2 N–H and O–H groups in total. The third-order valence-electron chi connectivity index (χ3n) is 4.45. The van der Waals surface area contributed by atoms with Gasteiger partial charge < -0.3 is 15.5 Å². The number of thioether (sulfide) groups is 1. The van der Waals surface area contributed by atoms with Crippen molar-refractivity contribution >= 4 is 23.6 Å². The molecule has 1 amide bonds. The number of guanidine groups is 1. The van der Waals surface area contributed by atoms with E-state index in [1.54, 1.807) is 30.8 Å². The molecule has 0 bridgehead atoms. The summed E-state index contributed by atoms with van der Waals surface area (Å²) in [5.74, 6) is 0.774. The van der Waals surface area contributed by atoms with Crippen molar-refractivity contribution in [3.05, 3.63) is 29.3 Å². The van der Waals surface area contributed by atoms with Crippen LogP contribution in [0.15, 0.2) is 28.1 Å². The summed E-state index contributed by atoms with van der Waals surface area (Å²) in [4.78, 5) is 19.5. The van der Waals surface area contributed by atoms with Crippen LogP contribution in [0.4, 0.5) is 0 Å². The molecule has 0 aliphatic heterocycles. The quantitative estimate of drug-likeness (QED) is 0.464. The van der Waals surface area contributed by atoms with Gasteiger partial charge in [0.25, 0.3) is 0 Å². The van der Waals surface area contributed by atoms with Gasteiger partial charge in [-0.1, -0.05) is 25.0 Å². The van der Waals surface area contributed by atoms with Crippen molar-refractivity contribution in [3.63, 3.8) is 0 Å². The largest absolute Gasteiger partial charge is 0.354 e. The molecular weight excluding hydrogens is 332 g/mol. The number of benzene rings is 1. The van der Waals surface area contributed by atoms with E-state index in [2.05, 4.69) is 42.0 Å². The lowest BCUT2D eigenvalue weighted by atomic mass is 10.1. The summed E-state index contributed by atoms with van der Waals surface area (Å²) in [7, 11) is 3.53. The van der Waals surface area contributed by atoms with Gasteiger partial charge >= 0.3 is 0 Å². The number of carbonyl (C=O) groups excluding carboxylic acids is 1. The molecular formula is C19H30N4OS. The summed E-state index contributed by atoms with van der Waals surface area (Å²) in [6.45, 7) is 2.97. The first-order chi connectivity index (χ1) is 12.0. The number of hydrogen-bond acceptors (Lipinski definition) is 3. The zero-order chi connectivity index (χ0) is 18.2. The average molecular weight is 363 g/mol. The summed E-state index contributed by atoms with van der Waals surface area (Å²) in [6.07, 6.45) is 6.95. The molecule has 0 unspecified atom stereocenters. The highest BCUT2D eigenvalue weighted by Gasteiger charge is 2.17. The molecule has 1 aromatic carbocycles. The molecule has 2 rings (SSSR count). The van der Waals surface area contributed by atoms with E-state index < -0.39 is 0 Å². The predicted octanol–water partition coefficient (Wildman–Crippen LogP) is 2.78. The van der Waals surface area contributed by atoms with Gasteiger partial charge in [0.05, 0.1) is 13.1 Å². The van der Waals surface area contributed by atoms with Crippen LogP contribution in [0.5, 0.6) is 0 Å². The minimum absolute atomic E-state index is 0.0426. The molecule has 0 spiro atoms. The van der Waals surface area contributed by atoms with Gasteiger partial charge in [0.15, 0.2) is 5.96 Å². The van der Waals surface area contributed by atoms with Crippen LogP contribution in [0.1, 0.15) is 36.8 Å². The number of aliphatic imine (C=N–C) groups is 1. The van der Waals surface area contributed by atoms with E-state index in [1.165, 1.54) is 41.7 Å². The lowest BCUT2D eigenvalue weighted by molar-refractivity contribution is -0.127. The lowest BCUT2D eigenvalue weighted by Crippen LogP contribution is -2.46. The normalized spacial score (nSPS) is 15.3. The average Bonchev–Trinajstić information content (AvgIpc) is 3.10. The smallest absolute Gasteiger partial charge is 0.241 e. The summed E-state index contributed by atoms with van der Waals surface area (Å²) in [5.41, 5.74) is 2.47. The standard InChI is InChI=1S/C19H30N4OS/c1-14-9-10-15(17(11-14)25-4)12-20-19(21-13-18(24)23(2)3)22-16-7-5-6-8-16/h9-11,16H,5-8,12-13H2,1-4H3,(H2,20,21,22). The Morgan fingerprint density at radius 1 is 1.32 bits per heavy atom. The van der Waals surface area contributed by atoms with Crippen molar-refractivity contribution in [1.82, 2.24) is 15.5 Å². The fourth-order valence-electron chi connectivity index (χ4n) is 2.88. The van der Waals surface area contributed by atoms with Crippen molar-refractivity contribution in [2.24, 2.45) is 4.99 Å². The van der Waals surface area contributed by atoms with E-state index in [1.807, 2.05) is 0 Å². The topological polar surface area (TPSA) is 56.7 Å². The molecule has 5 nitrogen and oxygen atoms in total. The Hall–Kier alpha value is -1.69. The first kappa shape index (κ1) is 19.6. The van der Waals surface area contributed by atoms with Crippen molar-refractivity contribution < 1.29 is 4.79 Å². The molecule has 1 aromatic rings. The van der Waals surface area contributed by atoms with Crippen molar-refractivity contribution in [3.8, 4) is 0 Å². The van der Waals surface area contributed by atoms with Crippen LogP contribution in [0.2, 0.25) is 0 Å². The van der Waals surface area contributed by atoms with Gasteiger partial charge in [-0.25, -0.2) is 4.99 Å². The van der Waals surface area contributed by atoms with Crippen molar-refractivity contribution in [1.29, 1.82) is 0 Å². The Bertz CT molecular complexity index is 609. The zero-order valence-electron chi connectivity index (χ0n) is 15.8. The van der Waals surface area contributed by atoms with Gasteiger partial charge in [0, 0.05) is 25.0 Å². The molecule has 6 heteroatoms. The van der Waals surface area contributed by atoms with Crippen LogP contribution in [-0.4, -0.2) is 49.7 Å². The van der Waals surface area contributed by atoms with E-state index >= 15 is 0 Å². The molecule has 0 saturated heterocycles. The SMILES string of the molecule is CSc1cc(C)ccc1CN=C(NCC(=O)N(C)C)NC1CCCC1. The number of aryl methyl sites for hydroxylation is 1. The second-order valence-electron chi connectivity index (χ2n) is 6.75.